The molecule has 5 nitrogen and oxygen atoms in total. The molecule has 0 saturated carbocycles. The first-order valence-corrected chi connectivity index (χ1v) is 9.49. The van der Waals surface area contributed by atoms with E-state index in [9.17, 15) is 4.79 Å². The second-order valence-electron chi connectivity index (χ2n) is 7.67. The number of anilines is 1. The Labute approximate surface area is 168 Å². The number of amides is 1. The van der Waals surface area contributed by atoms with E-state index in [1.54, 1.807) is 0 Å². The molecule has 4 rings (SSSR count). The Morgan fingerprint density at radius 3 is 2.46 bits per heavy atom. The molecule has 26 heavy (non-hydrogen) atoms. The van der Waals surface area contributed by atoms with Crippen LogP contribution in [-0.4, -0.2) is 36.1 Å². The summed E-state index contributed by atoms with van der Waals surface area (Å²) < 4.78 is 0. The molecule has 2 unspecified atom stereocenters. The molecule has 0 aromatic carbocycles. The van der Waals surface area contributed by atoms with E-state index >= 15 is 0 Å². The van der Waals surface area contributed by atoms with Crippen LogP contribution in [0.2, 0.25) is 0 Å². The van der Waals surface area contributed by atoms with Crippen LogP contribution >= 0.6 is 24.8 Å². The minimum atomic E-state index is 0. The zero-order chi connectivity index (χ0) is 16.4. The summed E-state index contributed by atoms with van der Waals surface area (Å²) in [5.74, 6) is 1.80. The van der Waals surface area contributed by atoms with E-state index in [2.05, 4.69) is 32.7 Å². The average molecular weight is 401 g/mol. The number of nitrogens with one attached hydrogen (secondary N) is 2. The lowest BCUT2D eigenvalue weighted by Crippen LogP contribution is -2.39. The first kappa shape index (κ1) is 21.3. The largest absolute Gasteiger partial charge is 0.357 e. The lowest BCUT2D eigenvalue weighted by Gasteiger charge is -2.28. The van der Waals surface area contributed by atoms with Crippen molar-refractivity contribution in [3.05, 3.63) is 23.9 Å². The number of carbonyl (C=O) groups excluding carboxylic acids is 1. The van der Waals surface area contributed by atoms with Gasteiger partial charge in [-0.2, -0.15) is 0 Å². The molecule has 146 valence electrons. The maximum atomic E-state index is 12.2. The van der Waals surface area contributed by atoms with Crippen molar-refractivity contribution in [2.75, 3.05) is 18.0 Å². The third-order valence-electron chi connectivity index (χ3n) is 5.77. The van der Waals surface area contributed by atoms with Gasteiger partial charge in [-0.15, -0.1) is 24.8 Å². The highest BCUT2D eigenvalue weighted by Gasteiger charge is 2.34. The Bertz CT molecular complexity index is 565. The standard InChI is InChI=1S/C19H28N4O.2ClH/c24-19(11-15-9-16-4-5-17(10-15)22-16)21-13-14-3-6-18(20-12-14)23-7-1-2-8-23;;/h3,6,12,15-17,22H,1-2,4-5,7-11,13H2,(H,21,24);2*1H. The molecule has 4 heterocycles. The van der Waals surface area contributed by atoms with Gasteiger partial charge in [-0.1, -0.05) is 6.07 Å². The van der Waals surface area contributed by atoms with Crippen LogP contribution in [0.4, 0.5) is 5.82 Å². The van der Waals surface area contributed by atoms with Crippen molar-refractivity contribution in [1.82, 2.24) is 15.6 Å². The van der Waals surface area contributed by atoms with Crippen LogP contribution in [0.25, 0.3) is 0 Å². The van der Waals surface area contributed by atoms with Gasteiger partial charge in [0, 0.05) is 44.3 Å². The molecule has 0 aliphatic carbocycles. The van der Waals surface area contributed by atoms with E-state index in [0.717, 1.165) is 37.3 Å². The summed E-state index contributed by atoms with van der Waals surface area (Å²) in [7, 11) is 0. The van der Waals surface area contributed by atoms with Gasteiger partial charge in [-0.3, -0.25) is 4.79 Å². The predicted molar refractivity (Wildman–Crippen MR) is 109 cm³/mol. The van der Waals surface area contributed by atoms with Crippen molar-refractivity contribution >= 4 is 36.5 Å². The zero-order valence-corrected chi connectivity index (χ0v) is 16.8. The maximum absolute atomic E-state index is 12.2. The van der Waals surface area contributed by atoms with Gasteiger partial charge in [0.25, 0.3) is 0 Å². The molecule has 3 fully saturated rings. The minimum absolute atomic E-state index is 0. The topological polar surface area (TPSA) is 57.3 Å². The van der Waals surface area contributed by atoms with E-state index < -0.39 is 0 Å². The lowest BCUT2D eigenvalue weighted by molar-refractivity contribution is -0.122. The number of carbonyl (C=O) groups is 1. The highest BCUT2D eigenvalue weighted by molar-refractivity contribution is 5.85. The summed E-state index contributed by atoms with van der Waals surface area (Å²) in [5, 5.41) is 6.71. The molecule has 7 heteroatoms. The van der Waals surface area contributed by atoms with E-state index in [1.807, 2.05) is 6.20 Å². The predicted octanol–water partition coefficient (Wildman–Crippen LogP) is 3.06. The van der Waals surface area contributed by atoms with E-state index in [0.29, 0.717) is 31.0 Å². The third kappa shape index (κ3) is 5.24. The first-order valence-electron chi connectivity index (χ1n) is 9.49. The van der Waals surface area contributed by atoms with Crippen molar-refractivity contribution in [2.24, 2.45) is 5.92 Å². The van der Waals surface area contributed by atoms with Gasteiger partial charge in [0.1, 0.15) is 5.82 Å². The molecule has 2 bridgehead atoms. The number of hydrogen-bond donors (Lipinski definition) is 2. The molecule has 1 aromatic rings. The van der Waals surface area contributed by atoms with Crippen molar-refractivity contribution < 1.29 is 4.79 Å². The highest BCUT2D eigenvalue weighted by Crippen LogP contribution is 2.32. The molecule has 2 N–H and O–H groups in total. The molecule has 1 amide bonds. The second kappa shape index (κ2) is 9.77. The number of halogens is 2. The zero-order valence-electron chi connectivity index (χ0n) is 15.2. The van der Waals surface area contributed by atoms with Gasteiger partial charge in [0.15, 0.2) is 0 Å². The molecule has 3 aliphatic rings. The van der Waals surface area contributed by atoms with Crippen molar-refractivity contribution in [3.63, 3.8) is 0 Å². The van der Waals surface area contributed by atoms with E-state index in [1.165, 1.54) is 25.7 Å². The van der Waals surface area contributed by atoms with Crippen molar-refractivity contribution in [1.29, 1.82) is 0 Å². The maximum Gasteiger partial charge on any atom is 0.220 e. The van der Waals surface area contributed by atoms with Crippen molar-refractivity contribution in [2.45, 2.75) is 63.6 Å². The highest BCUT2D eigenvalue weighted by atomic mass is 35.5. The van der Waals surface area contributed by atoms with Crippen LogP contribution in [0.3, 0.4) is 0 Å². The van der Waals surface area contributed by atoms with Crippen LogP contribution in [0.5, 0.6) is 0 Å². The van der Waals surface area contributed by atoms with Gasteiger partial charge in [-0.25, -0.2) is 4.98 Å². The molecule has 0 spiro atoms. The van der Waals surface area contributed by atoms with Gasteiger partial charge in [0.2, 0.25) is 5.91 Å². The Morgan fingerprint density at radius 2 is 1.85 bits per heavy atom. The Balaban J connectivity index is 0.00000121. The number of hydrogen-bond acceptors (Lipinski definition) is 4. The summed E-state index contributed by atoms with van der Waals surface area (Å²) in [6.45, 7) is 2.81. The SMILES string of the molecule is Cl.Cl.O=C(CC1CC2CCC(C1)N2)NCc1ccc(N2CCCC2)nc1. The smallest absolute Gasteiger partial charge is 0.220 e. The molecule has 3 aliphatic heterocycles. The van der Waals surface area contributed by atoms with Gasteiger partial charge in [0.05, 0.1) is 0 Å². The number of rotatable bonds is 5. The summed E-state index contributed by atoms with van der Waals surface area (Å²) in [6, 6.07) is 5.48. The summed E-state index contributed by atoms with van der Waals surface area (Å²) in [6.07, 6.45) is 10.0. The normalized spacial score (nSPS) is 26.8. The number of nitrogens with zero attached hydrogens (tertiary/aromatic N) is 2. The molecule has 0 radical (unpaired) electrons. The fraction of sp³-hybridized carbons (Fsp3) is 0.684. The Morgan fingerprint density at radius 1 is 1.15 bits per heavy atom. The summed E-state index contributed by atoms with van der Waals surface area (Å²) in [5.41, 5.74) is 1.08. The second-order valence-corrected chi connectivity index (χ2v) is 7.67. The average Bonchev–Trinajstić information content (AvgIpc) is 3.23. The number of piperidine rings is 1. The summed E-state index contributed by atoms with van der Waals surface area (Å²) in [4.78, 5) is 19.1. The quantitative estimate of drug-likeness (QED) is 0.796. The Hall–Kier alpha value is -1.04. The molecular weight excluding hydrogens is 371 g/mol. The van der Waals surface area contributed by atoms with E-state index in [4.69, 9.17) is 0 Å². The molecular formula is C19H30Cl2N4O. The van der Waals surface area contributed by atoms with Crippen LogP contribution in [0, 0.1) is 5.92 Å². The number of fused-ring (bicyclic) bond motifs is 2. The number of aromatic nitrogens is 1. The van der Waals surface area contributed by atoms with E-state index in [-0.39, 0.29) is 30.7 Å². The molecule has 1 aromatic heterocycles. The minimum Gasteiger partial charge on any atom is -0.357 e. The van der Waals surface area contributed by atoms with Crippen LogP contribution < -0.4 is 15.5 Å². The van der Waals surface area contributed by atoms with Gasteiger partial charge in [-0.05, 0) is 56.1 Å². The van der Waals surface area contributed by atoms with Gasteiger partial charge < -0.3 is 15.5 Å². The Kier molecular flexibility index (Phi) is 7.99. The summed E-state index contributed by atoms with van der Waals surface area (Å²) >= 11 is 0. The van der Waals surface area contributed by atoms with Crippen molar-refractivity contribution in [3.8, 4) is 0 Å². The number of pyridine rings is 1. The van der Waals surface area contributed by atoms with Crippen LogP contribution in [-0.2, 0) is 11.3 Å². The van der Waals surface area contributed by atoms with Gasteiger partial charge >= 0.3 is 0 Å². The molecule has 3 saturated heterocycles. The third-order valence-corrected chi connectivity index (χ3v) is 5.77. The van der Waals surface area contributed by atoms with Crippen LogP contribution in [0.15, 0.2) is 18.3 Å². The fourth-order valence-electron chi connectivity index (χ4n) is 4.53. The monoisotopic (exact) mass is 400 g/mol. The fourth-order valence-corrected chi connectivity index (χ4v) is 4.53. The lowest BCUT2D eigenvalue weighted by atomic mass is 9.89. The van der Waals surface area contributed by atoms with Crippen LogP contribution in [0.1, 0.15) is 50.5 Å². The first-order chi connectivity index (χ1) is 11.8. The molecule has 2 atom stereocenters.